The molecular weight excluding hydrogens is 219 g/mol. The van der Waals surface area contributed by atoms with Crippen LogP contribution in [0, 0.1) is 5.82 Å². The second kappa shape index (κ2) is 4.52. The highest BCUT2D eigenvalue weighted by atomic mass is 32.2. The lowest BCUT2D eigenvalue weighted by Crippen LogP contribution is -1.81. The molecule has 0 spiro atoms. The van der Waals surface area contributed by atoms with Crippen molar-refractivity contribution in [3.63, 3.8) is 0 Å². The minimum Gasteiger partial charge on any atom is -0.207 e. The van der Waals surface area contributed by atoms with Crippen LogP contribution in [0.1, 0.15) is 5.56 Å². The van der Waals surface area contributed by atoms with Gasteiger partial charge in [0.1, 0.15) is 11.3 Å². The summed E-state index contributed by atoms with van der Waals surface area (Å²) in [7, 11) is 0. The molecule has 0 amide bonds. The van der Waals surface area contributed by atoms with Crippen LogP contribution in [-0.4, -0.2) is 10.2 Å². The topological polar surface area (TPSA) is 25.8 Å². The van der Waals surface area contributed by atoms with Crippen LogP contribution in [-0.2, 0) is 5.75 Å². The van der Waals surface area contributed by atoms with E-state index in [1.807, 2.05) is 0 Å². The molecule has 0 N–H and O–H groups in total. The third kappa shape index (κ3) is 2.52. The molecule has 1 aromatic heterocycles. The maximum atomic E-state index is 12.6. The molecule has 0 saturated heterocycles. The highest BCUT2D eigenvalue weighted by molar-refractivity contribution is 8.00. The van der Waals surface area contributed by atoms with Crippen molar-refractivity contribution in [2.24, 2.45) is 0 Å². The van der Waals surface area contributed by atoms with Crippen LogP contribution >= 0.6 is 23.1 Å². The van der Waals surface area contributed by atoms with Crippen molar-refractivity contribution < 1.29 is 4.39 Å². The van der Waals surface area contributed by atoms with Crippen LogP contribution in [0.2, 0.25) is 0 Å². The largest absolute Gasteiger partial charge is 0.207 e. The fourth-order valence-corrected chi connectivity index (χ4v) is 2.40. The van der Waals surface area contributed by atoms with E-state index in [0.29, 0.717) is 0 Å². The molecule has 1 heterocycles. The molecule has 2 rings (SSSR count). The quantitative estimate of drug-likeness (QED) is 0.752. The second-order valence-corrected chi connectivity index (χ2v) is 4.68. The molecule has 72 valence electrons. The Morgan fingerprint density at radius 2 is 2.07 bits per heavy atom. The van der Waals surface area contributed by atoms with Gasteiger partial charge in [0.25, 0.3) is 0 Å². The van der Waals surface area contributed by atoms with Gasteiger partial charge in [-0.05, 0) is 17.7 Å². The summed E-state index contributed by atoms with van der Waals surface area (Å²) in [4.78, 5) is 0. The van der Waals surface area contributed by atoms with E-state index >= 15 is 0 Å². The van der Waals surface area contributed by atoms with Crippen LogP contribution in [0.4, 0.5) is 4.39 Å². The summed E-state index contributed by atoms with van der Waals surface area (Å²) >= 11 is 3.12. The first-order chi connectivity index (χ1) is 6.84. The average molecular weight is 226 g/mol. The zero-order valence-corrected chi connectivity index (χ0v) is 8.82. The standard InChI is InChI=1S/C9H7FN2S2/c10-8-3-1-7(2-4-8)5-13-9-12-11-6-14-9/h1-4,6H,5H2. The first kappa shape index (κ1) is 9.61. The van der Waals surface area contributed by atoms with Crippen molar-refractivity contribution >= 4 is 23.1 Å². The monoisotopic (exact) mass is 226 g/mol. The summed E-state index contributed by atoms with van der Waals surface area (Å²) in [5.41, 5.74) is 2.79. The normalized spacial score (nSPS) is 10.4. The Hall–Kier alpha value is -0.940. The summed E-state index contributed by atoms with van der Waals surface area (Å²) in [5, 5.41) is 7.64. The lowest BCUT2D eigenvalue weighted by Gasteiger charge is -1.97. The number of hydrogen-bond donors (Lipinski definition) is 0. The fourth-order valence-electron chi connectivity index (χ4n) is 0.952. The zero-order valence-electron chi connectivity index (χ0n) is 7.18. The molecule has 5 heteroatoms. The van der Waals surface area contributed by atoms with Crippen LogP contribution in [0.25, 0.3) is 0 Å². The number of halogens is 1. The number of benzene rings is 1. The summed E-state index contributed by atoms with van der Waals surface area (Å²) in [6, 6.07) is 6.50. The average Bonchev–Trinajstić information content (AvgIpc) is 2.70. The molecule has 0 fully saturated rings. The van der Waals surface area contributed by atoms with Crippen molar-refractivity contribution in [2.45, 2.75) is 10.1 Å². The van der Waals surface area contributed by atoms with Gasteiger partial charge in [-0.3, -0.25) is 0 Å². The van der Waals surface area contributed by atoms with E-state index in [0.717, 1.165) is 15.7 Å². The SMILES string of the molecule is Fc1ccc(CSc2nncs2)cc1. The minimum atomic E-state index is -0.199. The molecule has 0 atom stereocenters. The van der Waals surface area contributed by atoms with Gasteiger partial charge in [0.2, 0.25) is 0 Å². The van der Waals surface area contributed by atoms with E-state index in [2.05, 4.69) is 10.2 Å². The van der Waals surface area contributed by atoms with E-state index < -0.39 is 0 Å². The van der Waals surface area contributed by atoms with Gasteiger partial charge in [-0.2, -0.15) is 0 Å². The molecule has 1 aromatic carbocycles. The van der Waals surface area contributed by atoms with Crippen molar-refractivity contribution in [2.75, 3.05) is 0 Å². The van der Waals surface area contributed by atoms with Gasteiger partial charge in [0, 0.05) is 5.75 Å². The van der Waals surface area contributed by atoms with Crippen LogP contribution in [0.5, 0.6) is 0 Å². The lowest BCUT2D eigenvalue weighted by atomic mass is 10.2. The van der Waals surface area contributed by atoms with E-state index in [-0.39, 0.29) is 5.82 Å². The first-order valence-electron chi connectivity index (χ1n) is 3.98. The number of aromatic nitrogens is 2. The third-order valence-corrected chi connectivity index (χ3v) is 3.55. The van der Waals surface area contributed by atoms with Gasteiger partial charge in [-0.1, -0.05) is 35.2 Å². The van der Waals surface area contributed by atoms with E-state index in [9.17, 15) is 4.39 Å². The van der Waals surface area contributed by atoms with Crippen molar-refractivity contribution in [1.29, 1.82) is 0 Å². The van der Waals surface area contributed by atoms with Crippen LogP contribution in [0.15, 0.2) is 34.1 Å². The van der Waals surface area contributed by atoms with E-state index in [4.69, 9.17) is 0 Å². The Labute approximate surface area is 89.2 Å². The molecule has 2 aromatic rings. The van der Waals surface area contributed by atoms with Crippen LogP contribution < -0.4 is 0 Å². The number of thioether (sulfide) groups is 1. The summed E-state index contributed by atoms with van der Waals surface area (Å²) < 4.78 is 13.5. The smallest absolute Gasteiger partial charge is 0.174 e. The molecule has 0 bridgehead atoms. The Kier molecular flexibility index (Phi) is 3.10. The molecule has 14 heavy (non-hydrogen) atoms. The third-order valence-electron chi connectivity index (χ3n) is 1.62. The molecule has 0 aliphatic rings. The zero-order chi connectivity index (χ0) is 9.80. The number of rotatable bonds is 3. The van der Waals surface area contributed by atoms with Crippen LogP contribution in [0.3, 0.4) is 0 Å². The molecule has 0 aliphatic heterocycles. The van der Waals surface area contributed by atoms with Gasteiger partial charge in [-0.15, -0.1) is 10.2 Å². The van der Waals surface area contributed by atoms with E-state index in [1.165, 1.54) is 23.5 Å². The molecule has 0 radical (unpaired) electrons. The Morgan fingerprint density at radius 3 is 2.71 bits per heavy atom. The summed E-state index contributed by atoms with van der Waals surface area (Å²) in [6.45, 7) is 0. The molecule has 0 unspecified atom stereocenters. The predicted molar refractivity (Wildman–Crippen MR) is 55.9 cm³/mol. The van der Waals surface area contributed by atoms with Gasteiger partial charge in [0.15, 0.2) is 4.34 Å². The molecule has 0 saturated carbocycles. The summed E-state index contributed by atoms with van der Waals surface area (Å²) in [5.74, 6) is 0.602. The Bertz CT molecular complexity index is 386. The lowest BCUT2D eigenvalue weighted by molar-refractivity contribution is 0.627. The van der Waals surface area contributed by atoms with Gasteiger partial charge >= 0.3 is 0 Å². The van der Waals surface area contributed by atoms with Crippen molar-refractivity contribution in [3.05, 3.63) is 41.2 Å². The highest BCUT2D eigenvalue weighted by Crippen LogP contribution is 2.23. The van der Waals surface area contributed by atoms with Crippen molar-refractivity contribution in [3.8, 4) is 0 Å². The predicted octanol–water partition coefficient (Wildman–Crippen LogP) is 2.97. The van der Waals surface area contributed by atoms with Crippen molar-refractivity contribution in [1.82, 2.24) is 10.2 Å². The fraction of sp³-hybridized carbons (Fsp3) is 0.111. The number of nitrogens with zero attached hydrogens (tertiary/aromatic N) is 2. The Morgan fingerprint density at radius 1 is 1.29 bits per heavy atom. The molecule has 0 aliphatic carbocycles. The van der Waals surface area contributed by atoms with Gasteiger partial charge in [-0.25, -0.2) is 4.39 Å². The highest BCUT2D eigenvalue weighted by Gasteiger charge is 1.99. The first-order valence-corrected chi connectivity index (χ1v) is 5.84. The maximum Gasteiger partial charge on any atom is 0.174 e. The minimum absolute atomic E-state index is 0.199. The van der Waals surface area contributed by atoms with Gasteiger partial charge < -0.3 is 0 Å². The molecular formula is C9H7FN2S2. The molecule has 2 nitrogen and oxygen atoms in total. The second-order valence-electron chi connectivity index (χ2n) is 2.62. The van der Waals surface area contributed by atoms with Gasteiger partial charge in [0.05, 0.1) is 0 Å². The number of hydrogen-bond acceptors (Lipinski definition) is 4. The summed E-state index contributed by atoms with van der Waals surface area (Å²) in [6.07, 6.45) is 0. The van der Waals surface area contributed by atoms with E-state index in [1.54, 1.807) is 29.4 Å². The Balaban J connectivity index is 1.95. The maximum absolute atomic E-state index is 12.6.